The van der Waals surface area contributed by atoms with Gasteiger partial charge in [-0.3, -0.25) is 9.63 Å². The number of benzene rings is 1. The lowest BCUT2D eigenvalue weighted by Crippen LogP contribution is -2.25. The van der Waals surface area contributed by atoms with Crippen LogP contribution in [0, 0.1) is 0 Å². The van der Waals surface area contributed by atoms with Crippen LogP contribution in [0.3, 0.4) is 0 Å². The van der Waals surface area contributed by atoms with Gasteiger partial charge in [0.15, 0.2) is 0 Å². The maximum Gasteiger partial charge on any atom is 0.279 e. The number of aromatic nitrogens is 1. The highest BCUT2D eigenvalue weighted by atomic mass is 16.7. The van der Waals surface area contributed by atoms with Gasteiger partial charge in [0.05, 0.1) is 12.7 Å². The van der Waals surface area contributed by atoms with Crippen molar-refractivity contribution in [2.75, 3.05) is 19.9 Å². The van der Waals surface area contributed by atoms with E-state index in [4.69, 9.17) is 10.6 Å². The van der Waals surface area contributed by atoms with E-state index in [0.29, 0.717) is 11.3 Å². The zero-order valence-corrected chi connectivity index (χ0v) is 9.15. The number of nitrogens with one attached hydrogen (secondary N) is 1. The first-order valence-electron chi connectivity index (χ1n) is 4.82. The second-order valence-electron chi connectivity index (χ2n) is 3.49. The second-order valence-corrected chi connectivity index (χ2v) is 3.49. The molecular weight excluding hydrogens is 206 g/mol. The van der Waals surface area contributed by atoms with Crippen LogP contribution in [0.5, 0.6) is 0 Å². The molecule has 0 fully saturated rings. The molecule has 1 heterocycles. The summed E-state index contributed by atoms with van der Waals surface area (Å²) in [5.74, 6) is -0.209. The number of amides is 1. The Labute approximate surface area is 92.7 Å². The smallest absolute Gasteiger partial charge is 0.279 e. The molecule has 0 aliphatic rings. The lowest BCUT2D eigenvalue weighted by atomic mass is 10.1. The standard InChI is InChI=1S/C11H13N3O2/c1-14(16-2)11(15)9-6-13-10-4-3-7(12)5-8(9)10/h3-6,13H,12H2,1-2H3. The molecule has 0 unspecified atom stereocenters. The number of hydroxylamine groups is 2. The fraction of sp³-hybridized carbons (Fsp3) is 0.182. The summed E-state index contributed by atoms with van der Waals surface area (Å²) in [6.07, 6.45) is 1.65. The molecule has 0 bridgehead atoms. The van der Waals surface area contributed by atoms with Gasteiger partial charge in [0.2, 0.25) is 0 Å². The molecule has 5 heteroatoms. The van der Waals surface area contributed by atoms with Gasteiger partial charge in [-0.1, -0.05) is 0 Å². The topological polar surface area (TPSA) is 71.3 Å². The molecule has 0 saturated heterocycles. The minimum atomic E-state index is -0.209. The van der Waals surface area contributed by atoms with Crippen molar-refractivity contribution in [3.05, 3.63) is 30.0 Å². The van der Waals surface area contributed by atoms with Crippen LogP contribution in [-0.2, 0) is 4.84 Å². The van der Waals surface area contributed by atoms with E-state index in [1.54, 1.807) is 25.4 Å². The summed E-state index contributed by atoms with van der Waals surface area (Å²) >= 11 is 0. The Bertz CT molecular complexity index is 533. The third-order valence-corrected chi connectivity index (χ3v) is 2.50. The van der Waals surface area contributed by atoms with Crippen LogP contribution in [0.25, 0.3) is 10.9 Å². The van der Waals surface area contributed by atoms with Crippen LogP contribution in [0.2, 0.25) is 0 Å². The molecule has 0 radical (unpaired) electrons. The molecule has 0 aliphatic heterocycles. The molecular formula is C11H13N3O2. The lowest BCUT2D eigenvalue weighted by molar-refractivity contribution is -0.0755. The van der Waals surface area contributed by atoms with Crippen LogP contribution in [-0.4, -0.2) is 30.1 Å². The van der Waals surface area contributed by atoms with Gasteiger partial charge >= 0.3 is 0 Å². The summed E-state index contributed by atoms with van der Waals surface area (Å²) < 4.78 is 0. The number of anilines is 1. The Kier molecular flexibility index (Phi) is 2.54. The minimum Gasteiger partial charge on any atom is -0.399 e. The van der Waals surface area contributed by atoms with E-state index < -0.39 is 0 Å². The number of aromatic amines is 1. The SMILES string of the molecule is CON(C)C(=O)c1c[nH]c2ccc(N)cc12. The molecule has 5 nitrogen and oxygen atoms in total. The predicted molar refractivity (Wildman–Crippen MR) is 61.8 cm³/mol. The number of fused-ring (bicyclic) bond motifs is 1. The summed E-state index contributed by atoms with van der Waals surface area (Å²) in [4.78, 5) is 19.8. The van der Waals surface area contributed by atoms with E-state index in [2.05, 4.69) is 4.98 Å². The van der Waals surface area contributed by atoms with Crippen molar-refractivity contribution in [2.24, 2.45) is 0 Å². The Hall–Kier alpha value is -2.01. The van der Waals surface area contributed by atoms with Crippen molar-refractivity contribution in [1.82, 2.24) is 10.0 Å². The third-order valence-electron chi connectivity index (χ3n) is 2.50. The molecule has 3 N–H and O–H groups in total. The predicted octanol–water partition coefficient (Wildman–Crippen LogP) is 1.38. The van der Waals surface area contributed by atoms with E-state index in [1.165, 1.54) is 12.2 Å². The van der Waals surface area contributed by atoms with Crippen LogP contribution >= 0.6 is 0 Å². The van der Waals surface area contributed by atoms with Gasteiger partial charge in [-0.25, -0.2) is 5.06 Å². The number of hydrogen-bond acceptors (Lipinski definition) is 3. The van der Waals surface area contributed by atoms with E-state index in [1.807, 2.05) is 6.07 Å². The minimum absolute atomic E-state index is 0.209. The van der Waals surface area contributed by atoms with Crippen molar-refractivity contribution in [1.29, 1.82) is 0 Å². The number of rotatable bonds is 2. The number of nitrogens with zero attached hydrogens (tertiary/aromatic N) is 1. The zero-order valence-electron chi connectivity index (χ0n) is 9.15. The molecule has 1 amide bonds. The normalized spacial score (nSPS) is 10.6. The van der Waals surface area contributed by atoms with Crippen LogP contribution in [0.4, 0.5) is 5.69 Å². The van der Waals surface area contributed by atoms with Gasteiger partial charge in [-0.2, -0.15) is 0 Å². The lowest BCUT2D eigenvalue weighted by Gasteiger charge is -2.12. The van der Waals surface area contributed by atoms with Crippen LogP contribution in [0.15, 0.2) is 24.4 Å². The van der Waals surface area contributed by atoms with E-state index in [0.717, 1.165) is 10.9 Å². The quantitative estimate of drug-likeness (QED) is 0.592. The molecule has 2 aromatic rings. The maximum absolute atomic E-state index is 11.9. The second kappa shape index (κ2) is 3.86. The number of carbonyl (C=O) groups excluding carboxylic acids is 1. The summed E-state index contributed by atoms with van der Waals surface area (Å²) in [7, 11) is 3.01. The number of carbonyl (C=O) groups is 1. The summed E-state index contributed by atoms with van der Waals surface area (Å²) in [5.41, 5.74) is 7.74. The van der Waals surface area contributed by atoms with Crippen molar-refractivity contribution < 1.29 is 9.63 Å². The van der Waals surface area contributed by atoms with E-state index in [9.17, 15) is 4.79 Å². The first-order valence-corrected chi connectivity index (χ1v) is 4.82. The average Bonchev–Trinajstić information content (AvgIpc) is 2.69. The van der Waals surface area contributed by atoms with Gasteiger partial charge in [-0.05, 0) is 18.2 Å². The highest BCUT2D eigenvalue weighted by molar-refractivity contribution is 6.06. The first kappa shape index (κ1) is 10.5. The molecule has 0 saturated carbocycles. The molecule has 16 heavy (non-hydrogen) atoms. The molecule has 0 atom stereocenters. The van der Waals surface area contributed by atoms with Crippen molar-refractivity contribution in [3.8, 4) is 0 Å². The Morgan fingerprint density at radius 1 is 1.50 bits per heavy atom. The van der Waals surface area contributed by atoms with Crippen molar-refractivity contribution in [2.45, 2.75) is 0 Å². The van der Waals surface area contributed by atoms with Crippen molar-refractivity contribution in [3.63, 3.8) is 0 Å². The molecule has 1 aromatic carbocycles. The van der Waals surface area contributed by atoms with Gasteiger partial charge in [0.25, 0.3) is 5.91 Å². The van der Waals surface area contributed by atoms with Gasteiger partial charge < -0.3 is 10.7 Å². The first-order chi connectivity index (χ1) is 7.63. The summed E-state index contributed by atoms with van der Waals surface area (Å²) in [6.45, 7) is 0. The average molecular weight is 219 g/mol. The van der Waals surface area contributed by atoms with Gasteiger partial charge in [-0.15, -0.1) is 0 Å². The molecule has 0 spiro atoms. The zero-order chi connectivity index (χ0) is 11.7. The summed E-state index contributed by atoms with van der Waals surface area (Å²) in [5, 5.41) is 1.97. The van der Waals surface area contributed by atoms with Crippen LogP contribution < -0.4 is 5.73 Å². The number of hydrogen-bond donors (Lipinski definition) is 2. The Morgan fingerprint density at radius 2 is 2.25 bits per heavy atom. The third kappa shape index (κ3) is 1.61. The summed E-state index contributed by atoms with van der Waals surface area (Å²) in [6, 6.07) is 5.39. The van der Waals surface area contributed by atoms with E-state index >= 15 is 0 Å². The van der Waals surface area contributed by atoms with E-state index in [-0.39, 0.29) is 5.91 Å². The number of nitrogens with two attached hydrogens (primary N) is 1. The largest absolute Gasteiger partial charge is 0.399 e. The van der Waals surface area contributed by atoms with Crippen LogP contribution in [0.1, 0.15) is 10.4 Å². The number of H-pyrrole nitrogens is 1. The Morgan fingerprint density at radius 3 is 2.94 bits per heavy atom. The highest BCUT2D eigenvalue weighted by Gasteiger charge is 2.15. The van der Waals surface area contributed by atoms with Gasteiger partial charge in [0.1, 0.15) is 0 Å². The molecule has 0 aliphatic carbocycles. The van der Waals surface area contributed by atoms with Gasteiger partial charge in [0, 0.05) is 29.8 Å². The fourth-order valence-corrected chi connectivity index (χ4v) is 1.57. The molecule has 2 rings (SSSR count). The Balaban J connectivity index is 2.53. The fourth-order valence-electron chi connectivity index (χ4n) is 1.57. The maximum atomic E-state index is 11.9. The monoisotopic (exact) mass is 219 g/mol. The molecule has 1 aromatic heterocycles. The molecule has 84 valence electrons. The highest BCUT2D eigenvalue weighted by Crippen LogP contribution is 2.21. The number of nitrogen functional groups attached to an aromatic ring is 1. The van der Waals surface area contributed by atoms with Crippen molar-refractivity contribution >= 4 is 22.5 Å².